The average Bonchev–Trinajstić information content (AvgIpc) is 2.67. The molecule has 132 valence electrons. The van der Waals surface area contributed by atoms with Crippen LogP contribution in [0.3, 0.4) is 0 Å². The van der Waals surface area contributed by atoms with Crippen molar-refractivity contribution in [3.05, 3.63) is 94.8 Å². The summed E-state index contributed by atoms with van der Waals surface area (Å²) < 4.78 is 14.5. The van der Waals surface area contributed by atoms with Crippen molar-refractivity contribution >= 4 is 23.7 Å². The molecule has 0 aliphatic heterocycles. The van der Waals surface area contributed by atoms with E-state index in [0.29, 0.717) is 28.4 Å². The fraction of sp³-hybridized carbons (Fsp3) is 0.136. The van der Waals surface area contributed by atoms with Gasteiger partial charge in [0.25, 0.3) is 0 Å². The lowest BCUT2D eigenvalue weighted by Crippen LogP contribution is -2.04. The van der Waals surface area contributed by atoms with Crippen LogP contribution in [0.5, 0.6) is 0 Å². The molecule has 0 atom stereocenters. The molecule has 0 spiro atoms. The quantitative estimate of drug-likeness (QED) is 0.396. The van der Waals surface area contributed by atoms with Gasteiger partial charge in [0.2, 0.25) is 0 Å². The van der Waals surface area contributed by atoms with Gasteiger partial charge in [0.15, 0.2) is 0 Å². The van der Waals surface area contributed by atoms with Crippen molar-refractivity contribution in [2.24, 2.45) is 0 Å². The van der Waals surface area contributed by atoms with E-state index in [-0.39, 0.29) is 5.82 Å². The summed E-state index contributed by atoms with van der Waals surface area (Å²) in [6, 6.07) is 21.3. The lowest BCUT2D eigenvalue weighted by Gasteiger charge is -2.13. The van der Waals surface area contributed by atoms with Gasteiger partial charge < -0.3 is 10.7 Å². The smallest absolute Gasteiger partial charge is 0.138 e. The molecule has 3 rings (SSSR count). The minimum absolute atomic E-state index is 0.260. The first kappa shape index (κ1) is 18.2. The number of rotatable bonds is 7. The molecule has 0 unspecified atom stereocenters. The SMILES string of the molecule is Cc1ccccc1CNc1cc(F)c(SCc2ccccc2)cc1C=N. The predicted molar refractivity (Wildman–Crippen MR) is 109 cm³/mol. The molecule has 0 radical (unpaired) electrons. The molecule has 2 nitrogen and oxygen atoms in total. The summed E-state index contributed by atoms with van der Waals surface area (Å²) in [5.41, 5.74) is 4.83. The Morgan fingerprint density at radius 2 is 1.77 bits per heavy atom. The molecule has 0 aliphatic rings. The number of thioether (sulfide) groups is 1. The Kier molecular flexibility index (Phi) is 6.08. The molecule has 0 bridgehead atoms. The van der Waals surface area contributed by atoms with Gasteiger partial charge in [0.05, 0.1) is 0 Å². The van der Waals surface area contributed by atoms with Crippen LogP contribution in [0.2, 0.25) is 0 Å². The minimum Gasteiger partial charge on any atom is -0.380 e. The van der Waals surface area contributed by atoms with E-state index in [1.54, 1.807) is 6.07 Å². The summed E-state index contributed by atoms with van der Waals surface area (Å²) in [6.07, 6.45) is 1.27. The maximum atomic E-state index is 14.5. The van der Waals surface area contributed by atoms with Gasteiger partial charge in [0, 0.05) is 34.7 Å². The fourth-order valence-electron chi connectivity index (χ4n) is 2.69. The molecule has 0 amide bonds. The van der Waals surface area contributed by atoms with Crippen LogP contribution in [0.25, 0.3) is 0 Å². The van der Waals surface area contributed by atoms with Gasteiger partial charge in [0.1, 0.15) is 5.82 Å². The highest BCUT2D eigenvalue weighted by atomic mass is 32.2. The van der Waals surface area contributed by atoms with Crippen LogP contribution >= 0.6 is 11.8 Å². The van der Waals surface area contributed by atoms with Gasteiger partial charge >= 0.3 is 0 Å². The first-order valence-electron chi connectivity index (χ1n) is 8.46. The van der Waals surface area contributed by atoms with Crippen molar-refractivity contribution in [2.75, 3.05) is 5.32 Å². The van der Waals surface area contributed by atoms with Gasteiger partial charge in [-0.2, -0.15) is 0 Å². The molecule has 4 heteroatoms. The zero-order chi connectivity index (χ0) is 18.4. The van der Waals surface area contributed by atoms with E-state index < -0.39 is 0 Å². The van der Waals surface area contributed by atoms with Gasteiger partial charge in [-0.1, -0.05) is 54.6 Å². The van der Waals surface area contributed by atoms with Crippen molar-refractivity contribution in [1.82, 2.24) is 0 Å². The molecule has 0 aliphatic carbocycles. The Balaban J connectivity index is 1.74. The monoisotopic (exact) mass is 364 g/mol. The van der Waals surface area contributed by atoms with Crippen LogP contribution < -0.4 is 5.32 Å². The third-order valence-corrected chi connectivity index (χ3v) is 5.33. The number of aryl methyl sites for hydroxylation is 1. The highest BCUT2D eigenvalue weighted by Gasteiger charge is 2.10. The number of benzene rings is 3. The first-order chi connectivity index (χ1) is 12.7. The Labute approximate surface area is 158 Å². The number of hydrogen-bond donors (Lipinski definition) is 2. The molecular formula is C22H21FN2S. The summed E-state index contributed by atoms with van der Waals surface area (Å²) in [7, 11) is 0. The van der Waals surface area contributed by atoms with E-state index >= 15 is 0 Å². The standard InChI is InChI=1S/C22H21FN2S/c1-16-7-5-6-10-18(16)14-25-21-12-20(23)22(11-19(21)13-24)26-15-17-8-3-2-4-9-17/h2-13,24-25H,14-15H2,1H3. The maximum Gasteiger partial charge on any atom is 0.138 e. The van der Waals surface area contributed by atoms with Crippen LogP contribution in [0, 0.1) is 18.2 Å². The second-order valence-corrected chi connectivity index (χ2v) is 7.09. The van der Waals surface area contributed by atoms with E-state index in [1.165, 1.54) is 29.6 Å². The number of halogens is 1. The van der Waals surface area contributed by atoms with Crippen molar-refractivity contribution in [3.63, 3.8) is 0 Å². The summed E-state index contributed by atoms with van der Waals surface area (Å²) in [4.78, 5) is 0.564. The molecule has 2 N–H and O–H groups in total. The van der Waals surface area contributed by atoms with E-state index in [2.05, 4.69) is 18.3 Å². The Morgan fingerprint density at radius 3 is 2.50 bits per heavy atom. The predicted octanol–water partition coefficient (Wildman–Crippen LogP) is 6.04. The molecule has 0 fully saturated rings. The number of anilines is 1. The molecular weight excluding hydrogens is 343 g/mol. The fourth-order valence-corrected chi connectivity index (χ4v) is 3.61. The van der Waals surface area contributed by atoms with Gasteiger partial charge in [-0.05, 0) is 35.7 Å². The highest BCUT2D eigenvalue weighted by molar-refractivity contribution is 7.98. The van der Waals surface area contributed by atoms with Crippen LogP contribution in [0.15, 0.2) is 71.6 Å². The van der Waals surface area contributed by atoms with E-state index in [0.717, 1.165) is 11.1 Å². The second-order valence-electron chi connectivity index (χ2n) is 6.07. The molecule has 3 aromatic rings. The molecule has 0 aromatic heterocycles. The average molecular weight is 364 g/mol. The van der Waals surface area contributed by atoms with Crippen LogP contribution in [-0.4, -0.2) is 6.21 Å². The Bertz CT molecular complexity index is 894. The topological polar surface area (TPSA) is 35.9 Å². The van der Waals surface area contributed by atoms with Gasteiger partial charge in [-0.25, -0.2) is 4.39 Å². The Hall–Kier alpha value is -2.59. The highest BCUT2D eigenvalue weighted by Crippen LogP contribution is 2.30. The third kappa shape index (κ3) is 4.52. The van der Waals surface area contributed by atoms with Gasteiger partial charge in [-0.3, -0.25) is 0 Å². The molecule has 26 heavy (non-hydrogen) atoms. The summed E-state index contributed by atoms with van der Waals surface area (Å²) in [6.45, 7) is 2.65. The lowest BCUT2D eigenvalue weighted by atomic mass is 10.1. The van der Waals surface area contributed by atoms with E-state index in [9.17, 15) is 4.39 Å². The van der Waals surface area contributed by atoms with Crippen molar-refractivity contribution in [1.29, 1.82) is 5.41 Å². The summed E-state index contributed by atoms with van der Waals surface area (Å²) in [5.74, 6) is 0.439. The van der Waals surface area contributed by atoms with E-state index in [1.807, 2.05) is 48.5 Å². The molecule has 0 heterocycles. The number of hydrogen-bond acceptors (Lipinski definition) is 3. The van der Waals surface area contributed by atoms with Crippen LogP contribution in [0.4, 0.5) is 10.1 Å². The molecule has 3 aromatic carbocycles. The minimum atomic E-state index is -0.260. The maximum absolute atomic E-state index is 14.5. The summed E-state index contributed by atoms with van der Waals surface area (Å²) >= 11 is 1.45. The second kappa shape index (κ2) is 8.68. The Morgan fingerprint density at radius 1 is 1.04 bits per heavy atom. The molecule has 0 saturated heterocycles. The van der Waals surface area contributed by atoms with E-state index in [4.69, 9.17) is 5.41 Å². The number of nitrogens with one attached hydrogen (secondary N) is 2. The largest absolute Gasteiger partial charge is 0.380 e. The third-order valence-electron chi connectivity index (χ3n) is 4.23. The van der Waals surface area contributed by atoms with Crippen LogP contribution in [-0.2, 0) is 12.3 Å². The van der Waals surface area contributed by atoms with Gasteiger partial charge in [-0.15, -0.1) is 11.8 Å². The van der Waals surface area contributed by atoms with Crippen molar-refractivity contribution in [2.45, 2.75) is 24.1 Å². The van der Waals surface area contributed by atoms with Crippen LogP contribution in [0.1, 0.15) is 22.3 Å². The zero-order valence-corrected chi connectivity index (χ0v) is 15.4. The lowest BCUT2D eigenvalue weighted by molar-refractivity contribution is 0.602. The molecule has 0 saturated carbocycles. The van der Waals surface area contributed by atoms with Crippen molar-refractivity contribution < 1.29 is 4.39 Å². The van der Waals surface area contributed by atoms with Crippen molar-refractivity contribution in [3.8, 4) is 0 Å². The zero-order valence-electron chi connectivity index (χ0n) is 14.6. The first-order valence-corrected chi connectivity index (χ1v) is 9.45. The summed E-state index contributed by atoms with van der Waals surface area (Å²) in [5, 5.41) is 10.9. The normalized spacial score (nSPS) is 10.5.